The van der Waals surface area contributed by atoms with Gasteiger partial charge in [-0.05, 0) is 43.0 Å². The molecule has 2 nitrogen and oxygen atoms in total. The van der Waals surface area contributed by atoms with Crippen molar-refractivity contribution in [1.82, 2.24) is 0 Å². The molecular weight excluding hydrogens is 210 g/mol. The van der Waals surface area contributed by atoms with E-state index < -0.39 is 0 Å². The van der Waals surface area contributed by atoms with Crippen molar-refractivity contribution >= 4 is 0 Å². The SMILES string of the molecule is CC.CCN.c1cc2c(c3c1CCC3)CCO2. The summed E-state index contributed by atoms with van der Waals surface area (Å²) in [6.07, 6.45) is 5.04. The number of hydrogen-bond donors (Lipinski definition) is 1. The van der Waals surface area contributed by atoms with Crippen LogP contribution >= 0.6 is 0 Å². The van der Waals surface area contributed by atoms with Crippen LogP contribution in [0.5, 0.6) is 5.75 Å². The Hall–Kier alpha value is -1.02. The number of hydrogen-bond acceptors (Lipinski definition) is 2. The monoisotopic (exact) mass is 235 g/mol. The number of ether oxygens (including phenoxy) is 1. The minimum absolute atomic E-state index is 0.750. The average molecular weight is 235 g/mol. The fourth-order valence-corrected chi connectivity index (χ4v) is 2.39. The Bertz CT molecular complexity index is 314. The van der Waals surface area contributed by atoms with Gasteiger partial charge < -0.3 is 10.5 Å². The Morgan fingerprint density at radius 3 is 2.53 bits per heavy atom. The molecule has 1 heterocycles. The summed E-state index contributed by atoms with van der Waals surface area (Å²) in [5.41, 5.74) is 9.52. The fourth-order valence-electron chi connectivity index (χ4n) is 2.39. The molecule has 2 heteroatoms. The van der Waals surface area contributed by atoms with Crippen LogP contribution in [0.1, 0.15) is 43.9 Å². The largest absolute Gasteiger partial charge is 0.493 e. The van der Waals surface area contributed by atoms with Gasteiger partial charge in [0, 0.05) is 12.0 Å². The molecule has 2 aliphatic rings. The summed E-state index contributed by atoms with van der Waals surface area (Å²) in [7, 11) is 0. The summed E-state index contributed by atoms with van der Waals surface area (Å²) in [6, 6.07) is 4.39. The van der Waals surface area contributed by atoms with E-state index >= 15 is 0 Å². The standard InChI is InChI=1S/C11H12O.C2H7N.C2H6/c1-2-8-4-5-11-10(6-7-12-11)9(8)3-1;1-2-3;1-2/h4-5H,1-3,6-7H2;2-3H2,1H3;1-2H3. The van der Waals surface area contributed by atoms with Crippen LogP contribution in [-0.2, 0) is 19.3 Å². The maximum atomic E-state index is 5.52. The van der Waals surface area contributed by atoms with Crippen LogP contribution in [0, 0.1) is 0 Å². The first-order valence-electron chi connectivity index (χ1n) is 6.83. The van der Waals surface area contributed by atoms with Crippen LogP contribution in [0.2, 0.25) is 0 Å². The molecule has 0 spiro atoms. The molecule has 96 valence electrons. The summed E-state index contributed by atoms with van der Waals surface area (Å²) in [6.45, 7) is 7.55. The van der Waals surface area contributed by atoms with Gasteiger partial charge in [0.2, 0.25) is 0 Å². The van der Waals surface area contributed by atoms with Crippen molar-refractivity contribution in [2.45, 2.75) is 46.5 Å². The van der Waals surface area contributed by atoms with E-state index in [9.17, 15) is 0 Å². The summed E-state index contributed by atoms with van der Waals surface area (Å²) >= 11 is 0. The van der Waals surface area contributed by atoms with Gasteiger partial charge in [0.25, 0.3) is 0 Å². The Balaban J connectivity index is 0.000000256. The quantitative estimate of drug-likeness (QED) is 0.750. The van der Waals surface area contributed by atoms with Gasteiger partial charge in [-0.1, -0.05) is 26.8 Å². The zero-order valence-corrected chi connectivity index (χ0v) is 11.4. The number of aryl methyl sites for hydroxylation is 1. The van der Waals surface area contributed by atoms with E-state index in [4.69, 9.17) is 10.5 Å². The Labute approximate surface area is 105 Å². The van der Waals surface area contributed by atoms with Crippen molar-refractivity contribution in [2.75, 3.05) is 13.2 Å². The van der Waals surface area contributed by atoms with E-state index in [0.29, 0.717) is 0 Å². The first kappa shape index (κ1) is 14.0. The normalized spacial score (nSPS) is 14.6. The molecule has 17 heavy (non-hydrogen) atoms. The van der Waals surface area contributed by atoms with Crippen molar-refractivity contribution in [3.05, 3.63) is 28.8 Å². The molecule has 0 saturated heterocycles. The average Bonchev–Trinajstić information content (AvgIpc) is 3.00. The molecule has 0 bridgehead atoms. The minimum atomic E-state index is 0.750. The lowest BCUT2D eigenvalue weighted by Gasteiger charge is -2.04. The second kappa shape index (κ2) is 7.33. The maximum absolute atomic E-state index is 5.52. The summed E-state index contributed by atoms with van der Waals surface area (Å²) < 4.78 is 5.52. The third kappa shape index (κ3) is 3.22. The molecule has 0 aromatic heterocycles. The van der Waals surface area contributed by atoms with Gasteiger partial charge in [0.15, 0.2) is 0 Å². The van der Waals surface area contributed by atoms with Gasteiger partial charge >= 0.3 is 0 Å². The predicted octanol–water partition coefficient (Wildman–Crippen LogP) is 3.10. The smallest absolute Gasteiger partial charge is 0.122 e. The van der Waals surface area contributed by atoms with Crippen LogP contribution < -0.4 is 10.5 Å². The van der Waals surface area contributed by atoms with Crippen LogP contribution in [0.4, 0.5) is 0 Å². The van der Waals surface area contributed by atoms with Gasteiger partial charge in [0.05, 0.1) is 6.61 Å². The van der Waals surface area contributed by atoms with Crippen LogP contribution in [-0.4, -0.2) is 13.2 Å². The lowest BCUT2D eigenvalue weighted by atomic mass is 10.0. The molecule has 3 rings (SSSR count). The van der Waals surface area contributed by atoms with Crippen LogP contribution in [0.15, 0.2) is 12.1 Å². The molecule has 0 saturated carbocycles. The second-order valence-electron chi connectivity index (χ2n) is 4.04. The van der Waals surface area contributed by atoms with Gasteiger partial charge in [0.1, 0.15) is 5.75 Å². The van der Waals surface area contributed by atoms with E-state index in [1.165, 1.54) is 24.8 Å². The Morgan fingerprint density at radius 2 is 1.82 bits per heavy atom. The maximum Gasteiger partial charge on any atom is 0.122 e. The summed E-state index contributed by atoms with van der Waals surface area (Å²) in [5, 5.41) is 0. The van der Waals surface area contributed by atoms with Gasteiger partial charge in [-0.25, -0.2) is 0 Å². The highest BCUT2D eigenvalue weighted by Crippen LogP contribution is 2.35. The first-order chi connectivity index (χ1) is 8.36. The third-order valence-corrected chi connectivity index (χ3v) is 2.97. The highest BCUT2D eigenvalue weighted by Gasteiger charge is 2.21. The molecule has 0 atom stereocenters. The van der Waals surface area contributed by atoms with E-state index in [0.717, 1.165) is 25.3 Å². The van der Waals surface area contributed by atoms with E-state index in [1.54, 1.807) is 11.1 Å². The van der Waals surface area contributed by atoms with Crippen LogP contribution in [0.3, 0.4) is 0 Å². The fraction of sp³-hybridized carbons (Fsp3) is 0.600. The second-order valence-corrected chi connectivity index (χ2v) is 4.04. The van der Waals surface area contributed by atoms with Crippen molar-refractivity contribution in [3.63, 3.8) is 0 Å². The lowest BCUT2D eigenvalue weighted by molar-refractivity contribution is 0.357. The third-order valence-electron chi connectivity index (χ3n) is 2.97. The molecule has 0 unspecified atom stereocenters. The predicted molar refractivity (Wildman–Crippen MR) is 73.7 cm³/mol. The summed E-state index contributed by atoms with van der Waals surface area (Å²) in [4.78, 5) is 0. The minimum Gasteiger partial charge on any atom is -0.493 e. The van der Waals surface area contributed by atoms with Gasteiger partial charge in [-0.3, -0.25) is 0 Å². The zero-order chi connectivity index (χ0) is 12.7. The van der Waals surface area contributed by atoms with Gasteiger partial charge in [-0.2, -0.15) is 0 Å². The molecule has 1 aromatic carbocycles. The topological polar surface area (TPSA) is 35.2 Å². The lowest BCUT2D eigenvalue weighted by Crippen LogP contribution is -1.89. The first-order valence-corrected chi connectivity index (χ1v) is 6.83. The van der Waals surface area contributed by atoms with Crippen molar-refractivity contribution in [3.8, 4) is 5.75 Å². The molecular formula is C15H25NO. The molecule has 1 aliphatic carbocycles. The number of fused-ring (bicyclic) bond motifs is 3. The highest BCUT2D eigenvalue weighted by molar-refractivity contribution is 5.49. The van der Waals surface area contributed by atoms with E-state index in [-0.39, 0.29) is 0 Å². The van der Waals surface area contributed by atoms with Crippen molar-refractivity contribution in [1.29, 1.82) is 0 Å². The van der Waals surface area contributed by atoms with Crippen LogP contribution in [0.25, 0.3) is 0 Å². The van der Waals surface area contributed by atoms with Crippen molar-refractivity contribution < 1.29 is 4.74 Å². The van der Waals surface area contributed by atoms with E-state index in [2.05, 4.69) is 12.1 Å². The van der Waals surface area contributed by atoms with E-state index in [1.807, 2.05) is 20.8 Å². The zero-order valence-electron chi connectivity index (χ0n) is 11.4. The molecule has 2 N–H and O–H groups in total. The van der Waals surface area contributed by atoms with Crippen molar-refractivity contribution in [2.24, 2.45) is 5.73 Å². The molecule has 0 radical (unpaired) electrons. The van der Waals surface area contributed by atoms with Gasteiger partial charge in [-0.15, -0.1) is 0 Å². The highest BCUT2D eigenvalue weighted by atomic mass is 16.5. The number of benzene rings is 1. The Kier molecular flexibility index (Phi) is 6.06. The molecule has 0 fully saturated rings. The molecule has 1 aromatic rings. The number of nitrogens with two attached hydrogens (primary N) is 1. The molecule has 1 aliphatic heterocycles. The summed E-state index contributed by atoms with van der Waals surface area (Å²) in [5.74, 6) is 1.15. The molecule has 0 amide bonds. The Morgan fingerprint density at radius 1 is 1.12 bits per heavy atom. The number of rotatable bonds is 0.